The van der Waals surface area contributed by atoms with Gasteiger partial charge in [-0.15, -0.1) is 0 Å². The maximum atomic E-state index is 14.7. The standard InChI is InChI=1S/C26H27FN2O6S/c1-3-6-17-9-11-23(24(15-17)34-2)35-22-12-10-18(16-21(22)27)28-36(32,33)14-13-29-25(30)19-7-4-5-8-20(19)26(29)31/h4-5,7-12,15-16,25,28,30H,3,6,13-14H2,1-2H3. The summed E-state index contributed by atoms with van der Waals surface area (Å²) in [6.45, 7) is 1.83. The Kier molecular flexibility index (Phi) is 7.46. The molecule has 0 saturated heterocycles. The molecule has 0 radical (unpaired) electrons. The summed E-state index contributed by atoms with van der Waals surface area (Å²) >= 11 is 0. The van der Waals surface area contributed by atoms with Gasteiger partial charge in [0, 0.05) is 23.7 Å². The number of halogens is 1. The largest absolute Gasteiger partial charge is 0.493 e. The highest BCUT2D eigenvalue weighted by Crippen LogP contribution is 2.35. The second-order valence-electron chi connectivity index (χ2n) is 8.36. The van der Waals surface area contributed by atoms with Gasteiger partial charge in [-0.3, -0.25) is 9.52 Å². The Bertz CT molecular complexity index is 1380. The molecule has 10 heteroatoms. The SMILES string of the molecule is CCCc1ccc(Oc2ccc(NS(=O)(=O)CCN3C(=O)c4ccccc4C3O)cc2F)c(OC)c1. The van der Waals surface area contributed by atoms with E-state index < -0.39 is 33.7 Å². The summed E-state index contributed by atoms with van der Waals surface area (Å²) in [5, 5.41) is 10.4. The fourth-order valence-corrected chi connectivity index (χ4v) is 5.05. The van der Waals surface area contributed by atoms with Crippen molar-refractivity contribution in [3.8, 4) is 17.2 Å². The van der Waals surface area contributed by atoms with E-state index in [9.17, 15) is 22.7 Å². The van der Waals surface area contributed by atoms with Crippen molar-refractivity contribution in [2.45, 2.75) is 26.0 Å². The summed E-state index contributed by atoms with van der Waals surface area (Å²) < 4.78 is 53.3. The van der Waals surface area contributed by atoms with Crippen molar-refractivity contribution in [1.29, 1.82) is 0 Å². The Hall–Kier alpha value is -3.63. The van der Waals surface area contributed by atoms with Gasteiger partial charge in [-0.2, -0.15) is 0 Å². The van der Waals surface area contributed by atoms with Crippen LogP contribution in [0.3, 0.4) is 0 Å². The summed E-state index contributed by atoms with van der Waals surface area (Å²) in [6, 6.07) is 15.7. The molecule has 1 amide bonds. The van der Waals surface area contributed by atoms with Crippen molar-refractivity contribution in [3.63, 3.8) is 0 Å². The molecule has 36 heavy (non-hydrogen) atoms. The number of carbonyl (C=O) groups excluding carboxylic acids is 1. The minimum absolute atomic E-state index is 0.00157. The number of anilines is 1. The van der Waals surface area contributed by atoms with Crippen LogP contribution in [-0.2, 0) is 16.4 Å². The number of fused-ring (bicyclic) bond motifs is 1. The highest BCUT2D eigenvalue weighted by Gasteiger charge is 2.35. The van der Waals surface area contributed by atoms with Gasteiger partial charge in [-0.05, 0) is 42.3 Å². The first-order valence-corrected chi connectivity index (χ1v) is 13.1. The van der Waals surface area contributed by atoms with Crippen LogP contribution in [0.15, 0.2) is 60.7 Å². The average Bonchev–Trinajstić information content (AvgIpc) is 3.10. The van der Waals surface area contributed by atoms with E-state index in [1.54, 1.807) is 30.3 Å². The zero-order valence-corrected chi connectivity index (χ0v) is 20.7. The van der Waals surface area contributed by atoms with Crippen LogP contribution in [0.1, 0.15) is 41.1 Å². The number of sulfonamides is 1. The van der Waals surface area contributed by atoms with Crippen LogP contribution >= 0.6 is 0 Å². The second-order valence-corrected chi connectivity index (χ2v) is 10.2. The van der Waals surface area contributed by atoms with Crippen LogP contribution in [0.5, 0.6) is 17.2 Å². The number of aliphatic hydroxyl groups is 1. The van der Waals surface area contributed by atoms with Crippen molar-refractivity contribution < 1.29 is 32.2 Å². The molecule has 0 spiro atoms. The Labute approximate surface area is 209 Å². The van der Waals surface area contributed by atoms with E-state index in [0.717, 1.165) is 29.4 Å². The third kappa shape index (κ3) is 5.44. The van der Waals surface area contributed by atoms with Crippen molar-refractivity contribution in [3.05, 3.63) is 83.2 Å². The van der Waals surface area contributed by atoms with Crippen LogP contribution < -0.4 is 14.2 Å². The molecule has 190 valence electrons. The molecule has 3 aromatic rings. The van der Waals surface area contributed by atoms with Crippen LogP contribution in [-0.4, -0.2) is 43.7 Å². The van der Waals surface area contributed by atoms with E-state index in [4.69, 9.17) is 9.47 Å². The highest BCUT2D eigenvalue weighted by molar-refractivity contribution is 7.92. The Balaban J connectivity index is 1.41. The van der Waals surface area contributed by atoms with Gasteiger partial charge in [-0.1, -0.05) is 37.6 Å². The number of hydrogen-bond acceptors (Lipinski definition) is 6. The van der Waals surface area contributed by atoms with Crippen LogP contribution in [0, 0.1) is 5.82 Å². The maximum absolute atomic E-state index is 14.7. The van der Waals surface area contributed by atoms with E-state index in [-0.39, 0.29) is 18.0 Å². The number of rotatable bonds is 10. The van der Waals surface area contributed by atoms with Gasteiger partial charge in [0.15, 0.2) is 29.3 Å². The summed E-state index contributed by atoms with van der Waals surface area (Å²) in [5.74, 6) is -0.992. The molecule has 0 aromatic heterocycles. The number of methoxy groups -OCH3 is 1. The van der Waals surface area contributed by atoms with Crippen molar-refractivity contribution in [2.75, 3.05) is 24.1 Å². The normalized spacial score (nSPS) is 15.1. The first-order chi connectivity index (χ1) is 17.2. The molecule has 8 nitrogen and oxygen atoms in total. The molecule has 1 aliphatic rings. The van der Waals surface area contributed by atoms with Crippen molar-refractivity contribution >= 4 is 21.6 Å². The van der Waals surface area contributed by atoms with E-state index in [1.807, 2.05) is 12.1 Å². The second kappa shape index (κ2) is 10.5. The number of carbonyl (C=O) groups is 1. The summed E-state index contributed by atoms with van der Waals surface area (Å²) in [7, 11) is -2.45. The number of aryl methyl sites for hydroxylation is 1. The number of nitrogens with one attached hydrogen (secondary N) is 1. The molecule has 4 rings (SSSR count). The number of amides is 1. The van der Waals surface area contributed by atoms with Gasteiger partial charge >= 0.3 is 0 Å². The number of benzene rings is 3. The molecule has 0 bridgehead atoms. The van der Waals surface area contributed by atoms with Gasteiger partial charge in [-0.25, -0.2) is 12.8 Å². The lowest BCUT2D eigenvalue weighted by Gasteiger charge is -2.21. The molecule has 2 N–H and O–H groups in total. The third-order valence-corrected chi connectivity index (χ3v) is 7.08. The fourth-order valence-electron chi connectivity index (χ4n) is 4.03. The predicted octanol–water partition coefficient (Wildman–Crippen LogP) is 4.47. The lowest BCUT2D eigenvalue weighted by molar-refractivity contribution is 0.0206. The van der Waals surface area contributed by atoms with Crippen LogP contribution in [0.2, 0.25) is 0 Å². The zero-order valence-electron chi connectivity index (χ0n) is 19.9. The van der Waals surface area contributed by atoms with Gasteiger partial charge < -0.3 is 19.5 Å². The molecule has 0 aliphatic carbocycles. The molecule has 1 heterocycles. The fraction of sp³-hybridized carbons (Fsp3) is 0.269. The van der Waals surface area contributed by atoms with E-state index in [0.29, 0.717) is 22.6 Å². The third-order valence-electron chi connectivity index (χ3n) is 5.82. The first kappa shape index (κ1) is 25.5. The average molecular weight is 515 g/mol. The lowest BCUT2D eigenvalue weighted by Crippen LogP contribution is -2.34. The summed E-state index contributed by atoms with van der Waals surface area (Å²) in [4.78, 5) is 13.6. The number of nitrogens with zero attached hydrogens (tertiary/aromatic N) is 1. The molecule has 0 fully saturated rings. The monoisotopic (exact) mass is 514 g/mol. The minimum Gasteiger partial charge on any atom is -0.493 e. The Morgan fingerprint density at radius 1 is 1.06 bits per heavy atom. The van der Waals surface area contributed by atoms with Gasteiger partial charge in [0.1, 0.15) is 0 Å². The molecule has 0 saturated carbocycles. The van der Waals surface area contributed by atoms with Gasteiger partial charge in [0.25, 0.3) is 5.91 Å². The lowest BCUT2D eigenvalue weighted by atomic mass is 10.1. The van der Waals surface area contributed by atoms with Crippen LogP contribution in [0.25, 0.3) is 0 Å². The molecule has 1 unspecified atom stereocenters. The van der Waals surface area contributed by atoms with Gasteiger partial charge in [0.05, 0.1) is 18.6 Å². The quantitative estimate of drug-likeness (QED) is 0.414. The number of hydrogen-bond donors (Lipinski definition) is 2. The zero-order chi connectivity index (χ0) is 25.9. The molecular formula is C26H27FN2O6S. The summed E-state index contributed by atoms with van der Waals surface area (Å²) in [6.07, 6.45) is 0.626. The highest BCUT2D eigenvalue weighted by atomic mass is 32.2. The summed E-state index contributed by atoms with van der Waals surface area (Å²) in [5.41, 5.74) is 1.84. The first-order valence-electron chi connectivity index (χ1n) is 11.4. The Morgan fingerprint density at radius 3 is 2.50 bits per heavy atom. The van der Waals surface area contributed by atoms with Crippen LogP contribution in [0.4, 0.5) is 10.1 Å². The van der Waals surface area contributed by atoms with Crippen molar-refractivity contribution in [2.24, 2.45) is 0 Å². The molecule has 3 aromatic carbocycles. The topological polar surface area (TPSA) is 105 Å². The minimum atomic E-state index is -3.95. The molecular weight excluding hydrogens is 487 g/mol. The van der Waals surface area contributed by atoms with E-state index >= 15 is 0 Å². The van der Waals surface area contributed by atoms with E-state index in [1.165, 1.54) is 19.2 Å². The van der Waals surface area contributed by atoms with Gasteiger partial charge in [0.2, 0.25) is 10.0 Å². The molecule has 1 atom stereocenters. The maximum Gasteiger partial charge on any atom is 0.256 e. The van der Waals surface area contributed by atoms with E-state index in [2.05, 4.69) is 11.6 Å². The molecule has 1 aliphatic heterocycles. The smallest absolute Gasteiger partial charge is 0.256 e. The predicted molar refractivity (Wildman–Crippen MR) is 133 cm³/mol. The van der Waals surface area contributed by atoms with Crippen molar-refractivity contribution in [1.82, 2.24) is 4.90 Å². The number of ether oxygens (including phenoxy) is 2. The Morgan fingerprint density at radius 2 is 1.81 bits per heavy atom. The number of aliphatic hydroxyl groups excluding tert-OH is 1.